The second-order valence-electron chi connectivity index (χ2n) is 4.83. The zero-order valence-electron chi connectivity index (χ0n) is 11.9. The van der Waals surface area contributed by atoms with Gasteiger partial charge in [0.15, 0.2) is 0 Å². The summed E-state index contributed by atoms with van der Waals surface area (Å²) < 4.78 is 5.64. The van der Waals surface area contributed by atoms with Crippen LogP contribution in [-0.2, 0) is 13.0 Å². The molecule has 0 fully saturated rings. The first kappa shape index (κ1) is 14.8. The van der Waals surface area contributed by atoms with Crippen LogP contribution in [0.25, 0.3) is 0 Å². The first-order chi connectivity index (χ1) is 10.1. The number of benzene rings is 2. The standard InChI is InChI=1S/C16H18N2O3/c1-2-3-12-4-7-14(8-5-12)21-11-13-6-9-15(17)16(10-13)18(19)20/h4-10H,2-3,11,17H2,1H3. The highest BCUT2D eigenvalue weighted by molar-refractivity contribution is 5.59. The van der Waals surface area contributed by atoms with E-state index < -0.39 is 4.92 Å². The number of nitrogens with zero attached hydrogens (tertiary/aromatic N) is 1. The fourth-order valence-electron chi connectivity index (χ4n) is 2.04. The van der Waals surface area contributed by atoms with Crippen molar-refractivity contribution in [3.05, 3.63) is 63.7 Å². The van der Waals surface area contributed by atoms with E-state index in [1.54, 1.807) is 6.07 Å². The minimum atomic E-state index is -0.488. The van der Waals surface area contributed by atoms with Crippen LogP contribution < -0.4 is 10.5 Å². The number of aryl methyl sites for hydroxylation is 1. The third-order valence-corrected chi connectivity index (χ3v) is 3.16. The van der Waals surface area contributed by atoms with Gasteiger partial charge in [-0.25, -0.2) is 0 Å². The highest BCUT2D eigenvalue weighted by Crippen LogP contribution is 2.23. The summed E-state index contributed by atoms with van der Waals surface area (Å²) in [5.74, 6) is 0.745. The second-order valence-corrected chi connectivity index (χ2v) is 4.83. The molecular formula is C16H18N2O3. The van der Waals surface area contributed by atoms with Crippen LogP contribution in [0.15, 0.2) is 42.5 Å². The molecule has 2 aromatic rings. The number of rotatable bonds is 6. The van der Waals surface area contributed by atoms with Crippen molar-refractivity contribution < 1.29 is 9.66 Å². The first-order valence-electron chi connectivity index (χ1n) is 6.84. The van der Waals surface area contributed by atoms with E-state index in [2.05, 4.69) is 6.92 Å². The van der Waals surface area contributed by atoms with Crippen LogP contribution in [0, 0.1) is 10.1 Å². The van der Waals surface area contributed by atoms with E-state index in [9.17, 15) is 10.1 Å². The Labute approximate surface area is 123 Å². The maximum atomic E-state index is 10.8. The van der Waals surface area contributed by atoms with E-state index in [0.29, 0.717) is 5.56 Å². The van der Waals surface area contributed by atoms with E-state index in [0.717, 1.165) is 18.6 Å². The Kier molecular flexibility index (Phi) is 4.77. The van der Waals surface area contributed by atoms with Crippen LogP contribution in [0.2, 0.25) is 0 Å². The molecule has 0 aliphatic carbocycles. The maximum absolute atomic E-state index is 10.8. The van der Waals surface area contributed by atoms with Crippen molar-refractivity contribution in [1.82, 2.24) is 0 Å². The quantitative estimate of drug-likeness (QED) is 0.499. The first-order valence-corrected chi connectivity index (χ1v) is 6.84. The van der Waals surface area contributed by atoms with Gasteiger partial charge >= 0.3 is 0 Å². The van der Waals surface area contributed by atoms with Crippen molar-refractivity contribution in [2.24, 2.45) is 0 Å². The van der Waals surface area contributed by atoms with Crippen LogP contribution in [0.1, 0.15) is 24.5 Å². The van der Waals surface area contributed by atoms with Gasteiger partial charge in [-0.05, 0) is 35.7 Å². The molecule has 0 aliphatic heterocycles. The lowest BCUT2D eigenvalue weighted by atomic mass is 10.1. The van der Waals surface area contributed by atoms with Crippen molar-refractivity contribution in [3.63, 3.8) is 0 Å². The molecule has 0 bridgehead atoms. The molecule has 0 aromatic heterocycles. The molecule has 2 N–H and O–H groups in total. The highest BCUT2D eigenvalue weighted by Gasteiger charge is 2.11. The average molecular weight is 286 g/mol. The van der Waals surface area contributed by atoms with Crippen LogP contribution in [0.5, 0.6) is 5.75 Å². The van der Waals surface area contributed by atoms with Crippen LogP contribution in [-0.4, -0.2) is 4.92 Å². The molecule has 5 heteroatoms. The van der Waals surface area contributed by atoms with Gasteiger partial charge in [-0.1, -0.05) is 31.5 Å². The van der Waals surface area contributed by atoms with Crippen LogP contribution in [0.3, 0.4) is 0 Å². The number of ether oxygens (including phenoxy) is 1. The lowest BCUT2D eigenvalue weighted by Gasteiger charge is -2.08. The molecule has 110 valence electrons. The second kappa shape index (κ2) is 6.74. The molecule has 0 aliphatic rings. The molecular weight excluding hydrogens is 268 g/mol. The van der Waals surface area contributed by atoms with Gasteiger partial charge < -0.3 is 10.5 Å². The molecule has 5 nitrogen and oxygen atoms in total. The summed E-state index contributed by atoms with van der Waals surface area (Å²) >= 11 is 0. The highest BCUT2D eigenvalue weighted by atomic mass is 16.6. The van der Waals surface area contributed by atoms with Crippen LogP contribution in [0.4, 0.5) is 11.4 Å². The summed E-state index contributed by atoms with van der Waals surface area (Å²) in [6.07, 6.45) is 2.15. The molecule has 21 heavy (non-hydrogen) atoms. The molecule has 0 saturated carbocycles. The van der Waals surface area contributed by atoms with Crippen molar-refractivity contribution >= 4 is 11.4 Å². The Morgan fingerprint density at radius 3 is 2.43 bits per heavy atom. The van der Waals surface area contributed by atoms with Gasteiger partial charge in [0.05, 0.1) is 4.92 Å². The van der Waals surface area contributed by atoms with Gasteiger partial charge in [0.2, 0.25) is 0 Å². The zero-order valence-corrected chi connectivity index (χ0v) is 11.9. The number of hydrogen-bond acceptors (Lipinski definition) is 4. The maximum Gasteiger partial charge on any atom is 0.292 e. The summed E-state index contributed by atoms with van der Waals surface area (Å²) in [4.78, 5) is 10.3. The summed E-state index contributed by atoms with van der Waals surface area (Å²) in [5, 5.41) is 10.8. The van der Waals surface area contributed by atoms with Crippen LogP contribution >= 0.6 is 0 Å². The monoisotopic (exact) mass is 286 g/mol. The predicted molar refractivity (Wildman–Crippen MR) is 82.3 cm³/mol. The molecule has 0 heterocycles. The molecule has 0 radical (unpaired) electrons. The van der Waals surface area contributed by atoms with Gasteiger partial charge in [0.25, 0.3) is 5.69 Å². The number of anilines is 1. The Balaban J connectivity index is 2.02. The third kappa shape index (κ3) is 3.95. The van der Waals surface area contributed by atoms with Gasteiger partial charge in [-0.2, -0.15) is 0 Å². The molecule has 0 saturated heterocycles. The van der Waals surface area contributed by atoms with Gasteiger partial charge in [-0.3, -0.25) is 10.1 Å². The summed E-state index contributed by atoms with van der Waals surface area (Å²) in [6, 6.07) is 12.6. The van der Waals surface area contributed by atoms with Gasteiger partial charge in [0, 0.05) is 6.07 Å². The van der Waals surface area contributed by atoms with E-state index in [4.69, 9.17) is 10.5 Å². The Morgan fingerprint density at radius 1 is 1.14 bits per heavy atom. The Morgan fingerprint density at radius 2 is 1.81 bits per heavy atom. The van der Waals surface area contributed by atoms with Crippen molar-refractivity contribution in [1.29, 1.82) is 0 Å². The lowest BCUT2D eigenvalue weighted by molar-refractivity contribution is -0.384. The number of nitrogens with two attached hydrogens (primary N) is 1. The SMILES string of the molecule is CCCc1ccc(OCc2ccc(N)c([N+](=O)[O-])c2)cc1. The molecule has 0 spiro atoms. The number of nitro groups is 1. The van der Waals surface area contributed by atoms with Crippen molar-refractivity contribution in [2.75, 3.05) is 5.73 Å². The van der Waals surface area contributed by atoms with Crippen molar-refractivity contribution in [3.8, 4) is 5.75 Å². The van der Waals surface area contributed by atoms with Crippen molar-refractivity contribution in [2.45, 2.75) is 26.4 Å². The molecule has 2 aromatic carbocycles. The molecule has 0 atom stereocenters. The predicted octanol–water partition coefficient (Wildman–Crippen LogP) is 3.71. The fourth-order valence-corrected chi connectivity index (χ4v) is 2.04. The third-order valence-electron chi connectivity index (χ3n) is 3.16. The number of nitrogen functional groups attached to an aromatic ring is 1. The lowest BCUT2D eigenvalue weighted by Crippen LogP contribution is -2.00. The molecule has 0 unspecified atom stereocenters. The fraction of sp³-hybridized carbons (Fsp3) is 0.250. The largest absolute Gasteiger partial charge is 0.489 e. The molecule has 2 rings (SSSR count). The van der Waals surface area contributed by atoms with E-state index in [1.165, 1.54) is 17.7 Å². The summed E-state index contributed by atoms with van der Waals surface area (Å²) in [7, 11) is 0. The summed E-state index contributed by atoms with van der Waals surface area (Å²) in [6.45, 7) is 2.41. The molecule has 0 amide bonds. The van der Waals surface area contributed by atoms with Gasteiger partial charge in [0.1, 0.15) is 18.0 Å². The smallest absolute Gasteiger partial charge is 0.292 e. The number of hydrogen-bond donors (Lipinski definition) is 1. The normalized spacial score (nSPS) is 10.3. The zero-order chi connectivity index (χ0) is 15.2. The van der Waals surface area contributed by atoms with E-state index in [1.807, 2.05) is 24.3 Å². The number of nitro benzene ring substituents is 1. The Hall–Kier alpha value is -2.56. The minimum absolute atomic E-state index is 0.0885. The average Bonchev–Trinajstić information content (AvgIpc) is 2.48. The van der Waals surface area contributed by atoms with E-state index in [-0.39, 0.29) is 18.0 Å². The Bertz CT molecular complexity index is 624. The van der Waals surface area contributed by atoms with Gasteiger partial charge in [-0.15, -0.1) is 0 Å². The minimum Gasteiger partial charge on any atom is -0.489 e. The topological polar surface area (TPSA) is 78.4 Å². The summed E-state index contributed by atoms with van der Waals surface area (Å²) in [5.41, 5.74) is 7.62. The van der Waals surface area contributed by atoms with E-state index >= 15 is 0 Å².